The van der Waals surface area contributed by atoms with Crippen molar-refractivity contribution in [2.24, 2.45) is 0 Å². The Balaban J connectivity index is 1.46. The van der Waals surface area contributed by atoms with Gasteiger partial charge in [0.25, 0.3) is 5.56 Å². The van der Waals surface area contributed by atoms with Crippen LogP contribution in [-0.4, -0.2) is 20.7 Å². The van der Waals surface area contributed by atoms with E-state index >= 15 is 0 Å². The lowest BCUT2D eigenvalue weighted by molar-refractivity contribution is -0.115. The van der Waals surface area contributed by atoms with Crippen molar-refractivity contribution in [3.63, 3.8) is 0 Å². The van der Waals surface area contributed by atoms with E-state index in [0.29, 0.717) is 15.4 Å². The average Bonchev–Trinajstić information content (AvgIpc) is 3.34. The van der Waals surface area contributed by atoms with Crippen LogP contribution in [-0.2, 0) is 4.79 Å². The molecule has 168 valence electrons. The summed E-state index contributed by atoms with van der Waals surface area (Å²) >= 11 is 2.69. The first-order chi connectivity index (χ1) is 16.6. The number of thiophene rings is 1. The van der Waals surface area contributed by atoms with Gasteiger partial charge in [-0.3, -0.25) is 14.2 Å². The van der Waals surface area contributed by atoms with Crippen molar-refractivity contribution in [3.05, 3.63) is 107 Å². The number of para-hydroxylation sites is 2. The molecular weight excluding hydrogens is 462 g/mol. The van der Waals surface area contributed by atoms with Gasteiger partial charge in [0.05, 0.1) is 16.3 Å². The Kier molecular flexibility index (Phi) is 6.29. The van der Waals surface area contributed by atoms with E-state index in [2.05, 4.69) is 5.32 Å². The Morgan fingerprint density at radius 1 is 0.941 bits per heavy atom. The smallest absolute Gasteiger partial charge is 0.267 e. The predicted octanol–water partition coefficient (Wildman–Crippen LogP) is 6.23. The number of hydrogen-bond donors (Lipinski definition) is 1. The molecule has 1 N–H and O–H groups in total. The molecule has 0 aliphatic heterocycles. The molecule has 0 spiro atoms. The first-order valence-electron chi connectivity index (χ1n) is 10.8. The van der Waals surface area contributed by atoms with Gasteiger partial charge in [0, 0.05) is 11.3 Å². The maximum atomic E-state index is 13.3. The van der Waals surface area contributed by atoms with E-state index in [1.165, 1.54) is 23.1 Å². The van der Waals surface area contributed by atoms with Crippen molar-refractivity contribution < 1.29 is 4.79 Å². The highest BCUT2D eigenvalue weighted by atomic mass is 32.2. The lowest BCUT2D eigenvalue weighted by atomic mass is 10.0. The lowest BCUT2D eigenvalue weighted by Crippen LogP contribution is -2.26. The predicted molar refractivity (Wildman–Crippen MR) is 141 cm³/mol. The molecule has 0 aliphatic carbocycles. The summed E-state index contributed by atoms with van der Waals surface area (Å²) in [6, 6.07) is 28.9. The minimum atomic E-state index is -0.483. The fraction of sp³-hybridized carbons (Fsp3) is 0.0741. The Labute approximate surface area is 205 Å². The lowest BCUT2D eigenvalue weighted by Gasteiger charge is -2.17. The highest BCUT2D eigenvalue weighted by molar-refractivity contribution is 8.00. The molecule has 2 aromatic heterocycles. The number of anilines is 1. The molecule has 1 atom stereocenters. The van der Waals surface area contributed by atoms with Crippen LogP contribution in [0.4, 0.5) is 5.69 Å². The van der Waals surface area contributed by atoms with Crippen molar-refractivity contribution in [1.82, 2.24) is 9.55 Å². The maximum Gasteiger partial charge on any atom is 0.267 e. The van der Waals surface area contributed by atoms with Crippen LogP contribution in [0.15, 0.2) is 106 Å². The van der Waals surface area contributed by atoms with Gasteiger partial charge in [0.2, 0.25) is 5.91 Å². The van der Waals surface area contributed by atoms with Gasteiger partial charge < -0.3 is 5.32 Å². The second-order valence-electron chi connectivity index (χ2n) is 7.67. The fourth-order valence-electron chi connectivity index (χ4n) is 3.69. The molecule has 5 aromatic rings. The van der Waals surface area contributed by atoms with E-state index in [1.807, 2.05) is 97.2 Å². The topological polar surface area (TPSA) is 64.0 Å². The standard InChI is InChI=1S/C27H21N3O2S2/c1-18(24(31)28-23-15-9-8-14-21(23)19-10-4-2-5-11-19)34-27-29-25-22(16-17-33-25)26(32)30(27)20-12-6-3-7-13-20/h2-18H,1H3,(H,28,31). The van der Waals surface area contributed by atoms with Gasteiger partial charge in [-0.1, -0.05) is 78.5 Å². The van der Waals surface area contributed by atoms with E-state index in [9.17, 15) is 9.59 Å². The number of carbonyl (C=O) groups is 1. The minimum Gasteiger partial charge on any atom is -0.325 e. The summed E-state index contributed by atoms with van der Waals surface area (Å²) in [5.41, 5.74) is 3.31. The SMILES string of the molecule is CC(Sc1nc2sccc2c(=O)n1-c1ccccc1)C(=O)Nc1ccccc1-c1ccccc1. The summed E-state index contributed by atoms with van der Waals surface area (Å²) in [7, 11) is 0. The molecule has 0 radical (unpaired) electrons. The van der Waals surface area contributed by atoms with Gasteiger partial charge >= 0.3 is 0 Å². The van der Waals surface area contributed by atoms with Crippen LogP contribution in [0.1, 0.15) is 6.92 Å². The molecule has 0 saturated heterocycles. The molecule has 5 nitrogen and oxygen atoms in total. The van der Waals surface area contributed by atoms with Gasteiger partial charge in [0.15, 0.2) is 5.16 Å². The second kappa shape index (κ2) is 9.67. The molecule has 3 aromatic carbocycles. The molecule has 1 amide bonds. The van der Waals surface area contributed by atoms with Gasteiger partial charge in [-0.15, -0.1) is 11.3 Å². The van der Waals surface area contributed by atoms with Gasteiger partial charge in [0.1, 0.15) is 4.83 Å². The van der Waals surface area contributed by atoms with Crippen LogP contribution in [0.3, 0.4) is 0 Å². The van der Waals surface area contributed by atoms with E-state index in [1.54, 1.807) is 10.6 Å². The Bertz CT molecular complexity index is 1510. The van der Waals surface area contributed by atoms with Crippen LogP contribution in [0, 0.1) is 0 Å². The quantitative estimate of drug-likeness (QED) is 0.230. The number of carbonyl (C=O) groups excluding carboxylic acids is 1. The molecule has 0 fully saturated rings. The highest BCUT2D eigenvalue weighted by Crippen LogP contribution is 2.30. The number of thioether (sulfide) groups is 1. The van der Waals surface area contributed by atoms with Crippen LogP contribution in [0.2, 0.25) is 0 Å². The van der Waals surface area contributed by atoms with E-state index in [0.717, 1.165) is 22.5 Å². The summed E-state index contributed by atoms with van der Waals surface area (Å²) in [6.07, 6.45) is 0. The van der Waals surface area contributed by atoms with E-state index in [4.69, 9.17) is 4.98 Å². The summed E-state index contributed by atoms with van der Waals surface area (Å²) in [5, 5.41) is 5.51. The summed E-state index contributed by atoms with van der Waals surface area (Å²) < 4.78 is 1.58. The van der Waals surface area contributed by atoms with E-state index in [-0.39, 0.29) is 11.5 Å². The zero-order chi connectivity index (χ0) is 23.5. The van der Waals surface area contributed by atoms with Crippen molar-refractivity contribution in [2.75, 3.05) is 5.32 Å². The molecule has 2 heterocycles. The monoisotopic (exact) mass is 483 g/mol. The molecule has 0 aliphatic rings. The van der Waals surface area contributed by atoms with Crippen LogP contribution in [0.25, 0.3) is 27.0 Å². The molecule has 5 rings (SSSR count). The van der Waals surface area contributed by atoms with Crippen LogP contribution < -0.4 is 10.9 Å². The number of nitrogens with zero attached hydrogens (tertiary/aromatic N) is 2. The minimum absolute atomic E-state index is 0.137. The first-order valence-corrected chi connectivity index (χ1v) is 12.6. The first kappa shape index (κ1) is 22.1. The number of nitrogens with one attached hydrogen (secondary N) is 1. The number of rotatable bonds is 6. The maximum absolute atomic E-state index is 13.3. The number of benzene rings is 3. The number of hydrogen-bond acceptors (Lipinski definition) is 5. The number of fused-ring (bicyclic) bond motifs is 1. The summed E-state index contributed by atoms with van der Waals surface area (Å²) in [4.78, 5) is 31.9. The number of aromatic nitrogens is 2. The van der Waals surface area contributed by atoms with Gasteiger partial charge in [-0.05, 0) is 42.1 Å². The van der Waals surface area contributed by atoms with Gasteiger partial charge in [-0.2, -0.15) is 0 Å². The zero-order valence-corrected chi connectivity index (χ0v) is 20.0. The largest absolute Gasteiger partial charge is 0.325 e. The van der Waals surface area contributed by atoms with Crippen LogP contribution >= 0.6 is 23.1 Å². The third kappa shape index (κ3) is 4.40. The second-order valence-corrected chi connectivity index (χ2v) is 9.87. The summed E-state index contributed by atoms with van der Waals surface area (Å²) in [6.45, 7) is 1.82. The molecule has 7 heteroatoms. The van der Waals surface area contributed by atoms with Crippen molar-refractivity contribution >= 4 is 44.9 Å². The normalized spacial score (nSPS) is 11.9. The Morgan fingerprint density at radius 2 is 1.62 bits per heavy atom. The molecule has 0 bridgehead atoms. The molecule has 1 unspecified atom stereocenters. The van der Waals surface area contributed by atoms with Gasteiger partial charge in [-0.25, -0.2) is 4.98 Å². The fourth-order valence-corrected chi connectivity index (χ4v) is 5.42. The molecular formula is C27H21N3O2S2. The Hall–Kier alpha value is -3.68. The van der Waals surface area contributed by atoms with Crippen molar-refractivity contribution in [1.29, 1.82) is 0 Å². The summed E-state index contributed by atoms with van der Waals surface area (Å²) in [5.74, 6) is -0.159. The number of amides is 1. The van der Waals surface area contributed by atoms with E-state index < -0.39 is 5.25 Å². The zero-order valence-electron chi connectivity index (χ0n) is 18.3. The average molecular weight is 484 g/mol. The third-order valence-electron chi connectivity index (χ3n) is 5.40. The van der Waals surface area contributed by atoms with Crippen molar-refractivity contribution in [2.45, 2.75) is 17.3 Å². The van der Waals surface area contributed by atoms with Crippen LogP contribution in [0.5, 0.6) is 0 Å². The highest BCUT2D eigenvalue weighted by Gasteiger charge is 2.21. The third-order valence-corrected chi connectivity index (χ3v) is 7.26. The molecule has 0 saturated carbocycles. The molecule has 34 heavy (non-hydrogen) atoms. The van der Waals surface area contributed by atoms with Crippen molar-refractivity contribution in [3.8, 4) is 16.8 Å². The Morgan fingerprint density at radius 3 is 2.38 bits per heavy atom.